The third-order valence-electron chi connectivity index (χ3n) is 7.22. The number of carbonyl (C=O) groups is 3. The highest BCUT2D eigenvalue weighted by Gasteiger charge is 2.39. The third-order valence-corrected chi connectivity index (χ3v) is 7.22. The molecule has 3 aliphatic heterocycles. The number of hydrogen-bond acceptors (Lipinski definition) is 5. The van der Waals surface area contributed by atoms with Crippen LogP contribution in [0.3, 0.4) is 0 Å². The second-order valence-electron chi connectivity index (χ2n) is 9.60. The summed E-state index contributed by atoms with van der Waals surface area (Å²) >= 11 is 0. The minimum Gasteiger partial charge on any atom is -0.490 e. The maximum absolute atomic E-state index is 13.3. The summed E-state index contributed by atoms with van der Waals surface area (Å²) in [4.78, 5) is 41.4. The lowest BCUT2D eigenvalue weighted by Crippen LogP contribution is -2.54. The average molecular weight is 478 g/mol. The molecule has 0 aromatic heterocycles. The minimum absolute atomic E-state index is 0.106. The zero-order valence-electron chi connectivity index (χ0n) is 20.2. The highest BCUT2D eigenvalue weighted by molar-refractivity contribution is 5.99. The predicted octanol–water partition coefficient (Wildman–Crippen LogP) is 3.00. The molecule has 0 bridgehead atoms. The van der Waals surface area contributed by atoms with Crippen molar-refractivity contribution in [1.29, 1.82) is 0 Å². The number of fused-ring (bicyclic) bond motifs is 3. The van der Waals surface area contributed by atoms with E-state index in [1.165, 1.54) is 18.1 Å². The van der Waals surface area contributed by atoms with Gasteiger partial charge < -0.3 is 24.6 Å². The molecule has 0 spiro atoms. The number of hydrogen-bond donors (Lipinski definition) is 1. The van der Waals surface area contributed by atoms with Crippen molar-refractivity contribution < 1.29 is 23.9 Å². The van der Waals surface area contributed by atoms with Crippen molar-refractivity contribution in [3.8, 4) is 5.75 Å². The summed E-state index contributed by atoms with van der Waals surface area (Å²) in [5.74, 6) is 0.192. The molecule has 3 amide bonds. The molecule has 35 heavy (non-hydrogen) atoms. The Morgan fingerprint density at radius 1 is 1.11 bits per heavy atom. The Balaban J connectivity index is 1.25. The smallest absolute Gasteiger partial charge is 0.257 e. The van der Waals surface area contributed by atoms with E-state index in [0.717, 1.165) is 19.4 Å². The quantitative estimate of drug-likeness (QED) is 0.734. The van der Waals surface area contributed by atoms with Crippen LogP contribution in [0.25, 0.3) is 0 Å². The van der Waals surface area contributed by atoms with Crippen LogP contribution in [0.2, 0.25) is 0 Å². The first-order chi connectivity index (χ1) is 16.9. The number of rotatable bonds is 3. The fourth-order valence-corrected chi connectivity index (χ4v) is 5.34. The lowest BCUT2D eigenvalue weighted by Gasteiger charge is -2.42. The molecule has 1 fully saturated rings. The molecule has 1 N–H and O–H groups in total. The standard InChI is InChI=1S/C27H31N3O5/c1-17(31)28-20-7-10-24-22(13-20)27(33)29(2)23-9-8-21(35-25(23)16-34-24)14-26(32)30-12-11-18-5-3-4-6-19(18)15-30/h3-7,10,13,21,23,25H,8-9,11-12,14-16H2,1-2H3,(H,28,31)/t21-,23-,25-/m0/s1. The van der Waals surface area contributed by atoms with Gasteiger partial charge in [0.1, 0.15) is 18.5 Å². The monoisotopic (exact) mass is 477 g/mol. The molecule has 2 aromatic rings. The first-order valence-corrected chi connectivity index (χ1v) is 12.2. The van der Waals surface area contributed by atoms with Gasteiger partial charge in [-0.1, -0.05) is 24.3 Å². The number of benzene rings is 2. The van der Waals surface area contributed by atoms with Gasteiger partial charge in [-0.05, 0) is 48.6 Å². The highest BCUT2D eigenvalue weighted by Crippen LogP contribution is 2.33. The SMILES string of the molecule is CC(=O)Nc1ccc2c(c1)C(=O)N(C)[C@H]1CC[C@@H](CC(=O)N3CCc4ccccc4C3)O[C@H]1CO2. The Hall–Kier alpha value is -3.39. The van der Waals surface area contributed by atoms with E-state index in [1.807, 2.05) is 17.0 Å². The van der Waals surface area contributed by atoms with Crippen molar-refractivity contribution in [2.75, 3.05) is 25.5 Å². The van der Waals surface area contributed by atoms with Crippen LogP contribution in [0.4, 0.5) is 5.69 Å². The molecule has 3 heterocycles. The maximum atomic E-state index is 13.3. The van der Waals surface area contributed by atoms with E-state index in [9.17, 15) is 14.4 Å². The molecule has 2 aromatic carbocycles. The number of amides is 3. The Kier molecular flexibility index (Phi) is 6.47. The van der Waals surface area contributed by atoms with Gasteiger partial charge in [0.05, 0.1) is 24.1 Å². The van der Waals surface area contributed by atoms with Gasteiger partial charge >= 0.3 is 0 Å². The molecule has 1 saturated heterocycles. The topological polar surface area (TPSA) is 88.2 Å². The average Bonchev–Trinajstić information content (AvgIpc) is 2.86. The summed E-state index contributed by atoms with van der Waals surface area (Å²) in [5, 5.41) is 2.71. The fraction of sp³-hybridized carbons (Fsp3) is 0.444. The Labute approximate surface area is 205 Å². The Morgan fingerprint density at radius 2 is 1.91 bits per heavy atom. The van der Waals surface area contributed by atoms with Crippen LogP contribution in [0, 0.1) is 0 Å². The van der Waals surface area contributed by atoms with Crippen molar-refractivity contribution in [1.82, 2.24) is 9.80 Å². The first kappa shape index (κ1) is 23.4. The molecule has 184 valence electrons. The lowest BCUT2D eigenvalue weighted by molar-refractivity contribution is -0.143. The van der Waals surface area contributed by atoms with E-state index in [-0.39, 0.29) is 42.6 Å². The van der Waals surface area contributed by atoms with Crippen molar-refractivity contribution >= 4 is 23.4 Å². The Bertz CT molecular complexity index is 1150. The number of nitrogens with one attached hydrogen (secondary N) is 1. The summed E-state index contributed by atoms with van der Waals surface area (Å²) in [5.41, 5.74) is 3.50. The summed E-state index contributed by atoms with van der Waals surface area (Å²) in [6.07, 6.45) is 2.13. The fourth-order valence-electron chi connectivity index (χ4n) is 5.34. The molecule has 3 aliphatic rings. The Morgan fingerprint density at radius 3 is 2.71 bits per heavy atom. The first-order valence-electron chi connectivity index (χ1n) is 12.2. The van der Waals surface area contributed by atoms with Gasteiger partial charge in [-0.3, -0.25) is 14.4 Å². The van der Waals surface area contributed by atoms with Crippen LogP contribution in [-0.4, -0.2) is 66.0 Å². The van der Waals surface area contributed by atoms with E-state index in [4.69, 9.17) is 9.47 Å². The van der Waals surface area contributed by atoms with Crippen molar-refractivity contribution in [3.63, 3.8) is 0 Å². The van der Waals surface area contributed by atoms with Gasteiger partial charge in [-0.15, -0.1) is 0 Å². The normalized spacial score (nSPS) is 23.7. The number of anilines is 1. The molecule has 0 unspecified atom stereocenters. The molecule has 3 atom stereocenters. The molecule has 0 aliphatic carbocycles. The van der Waals surface area contributed by atoms with Crippen LogP contribution in [0.1, 0.15) is 47.7 Å². The molecular weight excluding hydrogens is 446 g/mol. The second-order valence-corrected chi connectivity index (χ2v) is 9.60. The third kappa shape index (κ3) is 4.89. The van der Waals surface area contributed by atoms with E-state index in [0.29, 0.717) is 36.4 Å². The second kappa shape index (κ2) is 9.70. The predicted molar refractivity (Wildman–Crippen MR) is 130 cm³/mol. The maximum Gasteiger partial charge on any atom is 0.257 e. The van der Waals surface area contributed by atoms with Gasteiger partial charge in [-0.2, -0.15) is 0 Å². The van der Waals surface area contributed by atoms with Gasteiger partial charge in [-0.25, -0.2) is 0 Å². The molecule has 0 radical (unpaired) electrons. The van der Waals surface area contributed by atoms with Crippen molar-refractivity contribution in [3.05, 3.63) is 59.2 Å². The lowest BCUT2D eigenvalue weighted by atomic mass is 9.94. The van der Waals surface area contributed by atoms with Gasteiger partial charge in [0.15, 0.2) is 0 Å². The highest BCUT2D eigenvalue weighted by atomic mass is 16.5. The molecule has 8 heteroatoms. The summed E-state index contributed by atoms with van der Waals surface area (Å²) in [6, 6.07) is 13.2. The number of ether oxygens (including phenoxy) is 2. The number of likely N-dealkylation sites (N-methyl/N-ethyl adjacent to an activating group) is 1. The van der Waals surface area contributed by atoms with Crippen LogP contribution >= 0.6 is 0 Å². The molecule has 0 saturated carbocycles. The molecular formula is C27H31N3O5. The van der Waals surface area contributed by atoms with Crippen molar-refractivity contribution in [2.24, 2.45) is 0 Å². The van der Waals surface area contributed by atoms with E-state index < -0.39 is 0 Å². The van der Waals surface area contributed by atoms with Crippen molar-refractivity contribution in [2.45, 2.75) is 57.4 Å². The largest absolute Gasteiger partial charge is 0.490 e. The van der Waals surface area contributed by atoms with Crippen LogP contribution in [0.15, 0.2) is 42.5 Å². The van der Waals surface area contributed by atoms with Gasteiger partial charge in [0, 0.05) is 32.7 Å². The van der Waals surface area contributed by atoms with E-state index >= 15 is 0 Å². The van der Waals surface area contributed by atoms with Gasteiger partial charge in [0.25, 0.3) is 5.91 Å². The number of nitrogens with zero attached hydrogens (tertiary/aromatic N) is 2. The van der Waals surface area contributed by atoms with Crippen LogP contribution in [-0.2, 0) is 27.3 Å². The molecule has 5 rings (SSSR count). The molecule has 8 nitrogen and oxygen atoms in total. The minimum atomic E-state index is -0.319. The van der Waals surface area contributed by atoms with Gasteiger partial charge in [0.2, 0.25) is 11.8 Å². The van der Waals surface area contributed by atoms with Crippen LogP contribution < -0.4 is 10.1 Å². The van der Waals surface area contributed by atoms with E-state index in [1.54, 1.807) is 30.1 Å². The summed E-state index contributed by atoms with van der Waals surface area (Å²) in [6.45, 7) is 3.09. The van der Waals surface area contributed by atoms with E-state index in [2.05, 4.69) is 17.4 Å². The van der Waals surface area contributed by atoms with Crippen LogP contribution in [0.5, 0.6) is 5.75 Å². The summed E-state index contributed by atoms with van der Waals surface area (Å²) < 4.78 is 12.3. The number of carbonyl (C=O) groups excluding carboxylic acids is 3. The zero-order valence-corrected chi connectivity index (χ0v) is 20.2. The summed E-state index contributed by atoms with van der Waals surface area (Å²) in [7, 11) is 1.78. The zero-order chi connectivity index (χ0) is 24.5.